The number of ketones is 1. The molecule has 0 saturated heterocycles. The summed E-state index contributed by atoms with van der Waals surface area (Å²) >= 11 is 0. The maximum Gasteiger partial charge on any atom is 0.198 e. The van der Waals surface area contributed by atoms with Crippen molar-refractivity contribution in [2.45, 2.75) is 12.5 Å². The lowest BCUT2D eigenvalue weighted by molar-refractivity contribution is 0.0392. The summed E-state index contributed by atoms with van der Waals surface area (Å²) in [5.74, 6) is -0.288. The van der Waals surface area contributed by atoms with Gasteiger partial charge in [-0.2, -0.15) is 0 Å². The molecule has 1 unspecified atom stereocenters. The van der Waals surface area contributed by atoms with Crippen molar-refractivity contribution in [2.24, 2.45) is 0 Å². The number of carbonyl (C=O) groups excluding carboxylic acids is 1. The Morgan fingerprint density at radius 3 is 1.80 bits per heavy atom. The van der Waals surface area contributed by atoms with Gasteiger partial charge >= 0.3 is 0 Å². The van der Waals surface area contributed by atoms with Crippen LogP contribution in [-0.4, -0.2) is 25.0 Å². The Kier molecular flexibility index (Phi) is 6.10. The lowest BCUT2D eigenvalue weighted by Gasteiger charge is -2.22. The maximum atomic E-state index is 12.2. The Morgan fingerprint density at radius 2 is 1.35 bits per heavy atom. The van der Waals surface area contributed by atoms with Crippen LogP contribution in [0.5, 0.6) is 0 Å². The number of aliphatic hydroxyl groups is 1. The summed E-state index contributed by atoms with van der Waals surface area (Å²) in [6.45, 7) is 1.53. The summed E-state index contributed by atoms with van der Waals surface area (Å²) in [5.41, 5.74) is -0.363. The van der Waals surface area contributed by atoms with Crippen LogP contribution in [0.2, 0.25) is 0 Å². The van der Waals surface area contributed by atoms with Gasteiger partial charge in [0, 0.05) is 5.56 Å². The molecule has 1 atom stereocenters. The molecule has 0 saturated carbocycles. The molecule has 0 radical (unpaired) electrons. The molecular weight excluding hydrogens is 250 g/mol. The van der Waals surface area contributed by atoms with Gasteiger partial charge in [0.2, 0.25) is 0 Å². The van der Waals surface area contributed by atoms with E-state index < -0.39 is 5.60 Å². The second-order valence-corrected chi connectivity index (χ2v) is 4.63. The zero-order valence-electron chi connectivity index (χ0n) is 12.1. The van der Waals surface area contributed by atoms with E-state index in [0.29, 0.717) is 11.1 Å². The summed E-state index contributed by atoms with van der Waals surface area (Å²) in [6, 6.07) is 17.8. The molecule has 0 fully saturated rings. The monoisotopic (exact) mass is 271 g/mol. The lowest BCUT2D eigenvalue weighted by Crippen LogP contribution is -2.32. The van der Waals surface area contributed by atoms with Gasteiger partial charge in [-0.25, -0.2) is 0 Å². The molecule has 20 heavy (non-hydrogen) atoms. The molecule has 3 nitrogen and oxygen atoms in total. The smallest absolute Gasteiger partial charge is 0.198 e. The Morgan fingerprint density at radius 1 is 0.950 bits per heavy atom. The highest BCUT2D eigenvalue weighted by Gasteiger charge is 2.32. The largest absolute Gasteiger partial charge is 0.377 e. The first-order chi connectivity index (χ1) is 9.54. The van der Waals surface area contributed by atoms with E-state index in [9.17, 15) is 9.90 Å². The van der Waals surface area contributed by atoms with Gasteiger partial charge in [-0.15, -0.1) is 0 Å². The average Bonchev–Trinajstić information content (AvgIpc) is 2.49. The van der Waals surface area contributed by atoms with Crippen LogP contribution in [0.25, 0.3) is 0 Å². The van der Waals surface area contributed by atoms with Crippen LogP contribution in [-0.2, 0) is 5.60 Å². The van der Waals surface area contributed by atoms with Gasteiger partial charge in [-0.1, -0.05) is 60.7 Å². The number of nitrogens with one attached hydrogen (secondary N) is 1. The van der Waals surface area contributed by atoms with Crippen LogP contribution >= 0.6 is 0 Å². The van der Waals surface area contributed by atoms with Crippen molar-refractivity contribution in [1.82, 2.24) is 5.32 Å². The normalized spacial score (nSPS) is 12.8. The number of hydrogen-bond donors (Lipinski definition) is 2. The van der Waals surface area contributed by atoms with Crippen molar-refractivity contribution >= 4 is 5.78 Å². The summed E-state index contributed by atoms with van der Waals surface area (Å²) < 4.78 is 0. The Balaban J connectivity index is 0.000000612. The standard InChI is InChI=1S/C15H14O2.C2H7N/c1-15(17,13-10-6-3-7-11-13)14(16)12-8-4-2-5-9-12;1-3-2/h2-11,17H,1H3;3H,1-2H3. The fraction of sp³-hybridized carbons (Fsp3) is 0.235. The van der Waals surface area contributed by atoms with E-state index in [2.05, 4.69) is 5.32 Å². The molecule has 0 heterocycles. The Hall–Kier alpha value is -1.97. The molecule has 0 aromatic heterocycles. The van der Waals surface area contributed by atoms with Crippen LogP contribution in [0.3, 0.4) is 0 Å². The van der Waals surface area contributed by atoms with E-state index in [1.807, 2.05) is 38.4 Å². The molecule has 2 aromatic rings. The molecule has 0 amide bonds. The number of Topliss-reactive ketones (excluding diaryl/α,β-unsaturated/α-hetero) is 1. The molecular formula is C17H21NO2. The summed E-state index contributed by atoms with van der Waals surface area (Å²) in [5, 5.41) is 13.1. The van der Waals surface area contributed by atoms with Crippen molar-refractivity contribution in [3.8, 4) is 0 Å². The minimum absolute atomic E-state index is 0.288. The SMILES string of the molecule is CC(O)(C(=O)c1ccccc1)c1ccccc1.CNC. The maximum absolute atomic E-state index is 12.2. The number of rotatable bonds is 3. The molecule has 0 aliphatic rings. The van der Waals surface area contributed by atoms with Crippen molar-refractivity contribution in [3.63, 3.8) is 0 Å². The minimum Gasteiger partial charge on any atom is -0.377 e. The highest BCUT2D eigenvalue weighted by Crippen LogP contribution is 2.24. The molecule has 106 valence electrons. The third kappa shape index (κ3) is 4.02. The summed E-state index contributed by atoms with van der Waals surface area (Å²) in [7, 11) is 3.75. The van der Waals surface area contributed by atoms with Crippen LogP contribution in [0, 0.1) is 0 Å². The highest BCUT2D eigenvalue weighted by atomic mass is 16.3. The Bertz CT molecular complexity index is 521. The van der Waals surface area contributed by atoms with Crippen molar-refractivity contribution < 1.29 is 9.90 Å². The fourth-order valence-corrected chi connectivity index (χ4v) is 1.76. The van der Waals surface area contributed by atoms with Crippen molar-refractivity contribution in [1.29, 1.82) is 0 Å². The molecule has 2 rings (SSSR count). The third-order valence-corrected chi connectivity index (χ3v) is 2.81. The molecule has 0 bridgehead atoms. The first-order valence-corrected chi connectivity index (χ1v) is 6.50. The minimum atomic E-state index is -1.48. The van der Waals surface area contributed by atoms with Crippen molar-refractivity contribution in [2.75, 3.05) is 14.1 Å². The topological polar surface area (TPSA) is 49.3 Å². The molecule has 3 heteroatoms. The molecule has 0 spiro atoms. The number of benzene rings is 2. The quantitative estimate of drug-likeness (QED) is 0.844. The van der Waals surface area contributed by atoms with E-state index in [0.717, 1.165) is 0 Å². The van der Waals surface area contributed by atoms with E-state index >= 15 is 0 Å². The second-order valence-electron chi connectivity index (χ2n) is 4.63. The van der Waals surface area contributed by atoms with E-state index in [1.165, 1.54) is 6.92 Å². The number of carbonyl (C=O) groups is 1. The zero-order valence-corrected chi connectivity index (χ0v) is 12.1. The van der Waals surface area contributed by atoms with Gasteiger partial charge in [-0.05, 0) is 26.6 Å². The van der Waals surface area contributed by atoms with E-state index in [1.54, 1.807) is 36.4 Å². The van der Waals surface area contributed by atoms with E-state index in [-0.39, 0.29) is 5.78 Å². The van der Waals surface area contributed by atoms with Crippen molar-refractivity contribution in [3.05, 3.63) is 71.8 Å². The molecule has 0 aliphatic carbocycles. The molecule has 2 aromatic carbocycles. The van der Waals surface area contributed by atoms with Gasteiger partial charge in [0.15, 0.2) is 5.78 Å². The Labute approximate surface area is 120 Å². The number of hydrogen-bond acceptors (Lipinski definition) is 3. The first-order valence-electron chi connectivity index (χ1n) is 6.50. The summed E-state index contributed by atoms with van der Waals surface area (Å²) in [4.78, 5) is 12.2. The van der Waals surface area contributed by atoms with E-state index in [4.69, 9.17) is 0 Å². The summed E-state index contributed by atoms with van der Waals surface area (Å²) in [6.07, 6.45) is 0. The predicted molar refractivity (Wildman–Crippen MR) is 81.8 cm³/mol. The van der Waals surface area contributed by atoms with Gasteiger partial charge in [-0.3, -0.25) is 4.79 Å². The lowest BCUT2D eigenvalue weighted by atomic mass is 9.88. The highest BCUT2D eigenvalue weighted by molar-refractivity contribution is 6.02. The van der Waals surface area contributed by atoms with Gasteiger partial charge in [0.05, 0.1) is 0 Å². The van der Waals surface area contributed by atoms with Crippen LogP contribution in [0.4, 0.5) is 0 Å². The zero-order chi connectivity index (χ0) is 15.0. The average molecular weight is 271 g/mol. The van der Waals surface area contributed by atoms with Crippen LogP contribution < -0.4 is 5.32 Å². The molecule has 2 N–H and O–H groups in total. The first kappa shape index (κ1) is 16.1. The molecule has 0 aliphatic heterocycles. The predicted octanol–water partition coefficient (Wildman–Crippen LogP) is 2.61. The second kappa shape index (κ2) is 7.58. The van der Waals surface area contributed by atoms with Gasteiger partial charge in [0.25, 0.3) is 0 Å². The van der Waals surface area contributed by atoms with Crippen LogP contribution in [0.15, 0.2) is 60.7 Å². The fourth-order valence-electron chi connectivity index (χ4n) is 1.76. The van der Waals surface area contributed by atoms with Gasteiger partial charge in [0.1, 0.15) is 5.60 Å². The third-order valence-electron chi connectivity index (χ3n) is 2.81. The van der Waals surface area contributed by atoms with Gasteiger partial charge < -0.3 is 10.4 Å². The van der Waals surface area contributed by atoms with Crippen LogP contribution in [0.1, 0.15) is 22.8 Å².